The first kappa shape index (κ1) is 27.5. The molecule has 1 atom stereocenters. The quantitative estimate of drug-likeness (QED) is 0.395. The van der Waals surface area contributed by atoms with E-state index in [1.54, 1.807) is 63.2 Å². The maximum atomic E-state index is 13.7. The van der Waals surface area contributed by atoms with Crippen LogP contribution in [-0.4, -0.2) is 57.0 Å². The van der Waals surface area contributed by atoms with Gasteiger partial charge in [-0.1, -0.05) is 15.9 Å². The SMILES string of the molecule is COc1ccc(C#N)cc1/C=C(\C#N)c1cn(C(=O)C(CO)N(C(=O)O)C(C)(C)C)c2ccc(Br)cc12. The Bertz CT molecular complexity index is 1490. The molecule has 0 bridgehead atoms. The molecule has 0 aliphatic rings. The molecule has 1 aromatic heterocycles. The summed E-state index contributed by atoms with van der Waals surface area (Å²) in [6.45, 7) is 4.17. The second-order valence-corrected chi connectivity index (χ2v) is 10.1. The molecule has 2 aromatic carbocycles. The van der Waals surface area contributed by atoms with Gasteiger partial charge in [0.1, 0.15) is 11.8 Å². The van der Waals surface area contributed by atoms with E-state index < -0.39 is 30.2 Å². The van der Waals surface area contributed by atoms with E-state index in [9.17, 15) is 30.3 Å². The lowest BCUT2D eigenvalue weighted by atomic mass is 10.0. The van der Waals surface area contributed by atoms with E-state index in [0.29, 0.717) is 37.8 Å². The molecule has 0 radical (unpaired) electrons. The Balaban J connectivity index is 2.26. The number of nitriles is 2. The first-order valence-corrected chi connectivity index (χ1v) is 11.9. The molecular weight excluding hydrogens is 540 g/mol. The fourth-order valence-electron chi connectivity index (χ4n) is 4.16. The number of ether oxygens (including phenoxy) is 1. The van der Waals surface area contributed by atoms with Gasteiger partial charge in [-0.15, -0.1) is 0 Å². The minimum atomic E-state index is -1.38. The van der Waals surface area contributed by atoms with Crippen molar-refractivity contribution in [3.63, 3.8) is 0 Å². The number of amides is 1. The maximum absolute atomic E-state index is 13.7. The summed E-state index contributed by atoms with van der Waals surface area (Å²) < 4.78 is 7.34. The van der Waals surface area contributed by atoms with Crippen molar-refractivity contribution < 1.29 is 24.5 Å². The second kappa shape index (κ2) is 10.9. The molecule has 2 N–H and O–H groups in total. The molecule has 0 saturated heterocycles. The largest absolute Gasteiger partial charge is 0.496 e. The third-order valence-electron chi connectivity index (χ3n) is 5.77. The minimum Gasteiger partial charge on any atom is -0.496 e. The summed E-state index contributed by atoms with van der Waals surface area (Å²) in [7, 11) is 1.48. The molecule has 9 nitrogen and oxygen atoms in total. The van der Waals surface area contributed by atoms with Crippen molar-refractivity contribution in [2.75, 3.05) is 13.7 Å². The third kappa shape index (κ3) is 5.51. The molecule has 10 heteroatoms. The molecule has 0 aliphatic carbocycles. The number of aromatic nitrogens is 1. The first-order valence-electron chi connectivity index (χ1n) is 11.1. The molecule has 1 unspecified atom stereocenters. The smallest absolute Gasteiger partial charge is 0.408 e. The van der Waals surface area contributed by atoms with Crippen LogP contribution >= 0.6 is 15.9 Å². The molecule has 0 aliphatic heterocycles. The maximum Gasteiger partial charge on any atom is 0.408 e. The predicted molar refractivity (Wildman–Crippen MR) is 142 cm³/mol. The normalized spacial score (nSPS) is 12.5. The zero-order valence-electron chi connectivity index (χ0n) is 20.7. The van der Waals surface area contributed by atoms with Gasteiger partial charge in [-0.3, -0.25) is 14.3 Å². The van der Waals surface area contributed by atoms with Crippen LogP contribution in [0.25, 0.3) is 22.6 Å². The molecule has 190 valence electrons. The van der Waals surface area contributed by atoms with Gasteiger partial charge in [-0.25, -0.2) is 4.79 Å². The van der Waals surface area contributed by atoms with E-state index >= 15 is 0 Å². The topological polar surface area (TPSA) is 140 Å². The van der Waals surface area contributed by atoms with Crippen LogP contribution in [0.2, 0.25) is 0 Å². The van der Waals surface area contributed by atoms with Gasteiger partial charge in [0.25, 0.3) is 5.91 Å². The number of carbonyl (C=O) groups is 2. The second-order valence-electron chi connectivity index (χ2n) is 9.17. The summed E-state index contributed by atoms with van der Waals surface area (Å²) in [5.41, 5.74) is 0.939. The van der Waals surface area contributed by atoms with Gasteiger partial charge in [0.05, 0.1) is 42.5 Å². The summed E-state index contributed by atoms with van der Waals surface area (Å²) >= 11 is 3.42. The highest BCUT2D eigenvalue weighted by Gasteiger charge is 2.38. The molecule has 3 aromatic rings. The van der Waals surface area contributed by atoms with Crippen molar-refractivity contribution in [2.24, 2.45) is 0 Å². The van der Waals surface area contributed by atoms with E-state index in [-0.39, 0.29) is 5.57 Å². The highest BCUT2D eigenvalue weighted by atomic mass is 79.9. The van der Waals surface area contributed by atoms with Crippen LogP contribution < -0.4 is 4.74 Å². The van der Waals surface area contributed by atoms with Crippen LogP contribution in [-0.2, 0) is 0 Å². The van der Waals surface area contributed by atoms with Crippen LogP contribution in [0.1, 0.15) is 42.3 Å². The number of hydrogen-bond acceptors (Lipinski definition) is 6. The molecule has 0 fully saturated rings. The lowest BCUT2D eigenvalue weighted by Crippen LogP contribution is -2.56. The molecule has 3 rings (SSSR count). The van der Waals surface area contributed by atoms with E-state index in [1.807, 2.05) is 0 Å². The van der Waals surface area contributed by atoms with Crippen molar-refractivity contribution in [2.45, 2.75) is 32.4 Å². The van der Waals surface area contributed by atoms with Crippen molar-refractivity contribution >= 4 is 50.5 Å². The van der Waals surface area contributed by atoms with E-state index in [0.717, 1.165) is 4.90 Å². The number of aliphatic hydroxyl groups excluding tert-OH is 1. The average Bonchev–Trinajstić information content (AvgIpc) is 3.22. The van der Waals surface area contributed by atoms with Gasteiger partial charge >= 0.3 is 6.09 Å². The molecule has 37 heavy (non-hydrogen) atoms. The Morgan fingerprint density at radius 3 is 2.46 bits per heavy atom. The number of allylic oxidation sites excluding steroid dienone is 1. The van der Waals surface area contributed by atoms with Gasteiger partial charge in [0.2, 0.25) is 0 Å². The number of aliphatic hydroxyl groups is 1. The number of methoxy groups -OCH3 is 1. The number of fused-ring (bicyclic) bond motifs is 1. The lowest BCUT2D eigenvalue weighted by molar-refractivity contribution is 0.0342. The van der Waals surface area contributed by atoms with Crippen molar-refractivity contribution in [3.8, 4) is 17.9 Å². The molecule has 1 heterocycles. The number of carbonyl (C=O) groups excluding carboxylic acids is 1. The Hall–Kier alpha value is -4.12. The lowest BCUT2D eigenvalue weighted by Gasteiger charge is -2.37. The van der Waals surface area contributed by atoms with Crippen LogP contribution in [0.5, 0.6) is 5.75 Å². The Labute approximate surface area is 222 Å². The van der Waals surface area contributed by atoms with Crippen LogP contribution in [0, 0.1) is 22.7 Å². The highest BCUT2D eigenvalue weighted by Crippen LogP contribution is 2.33. The molecule has 0 spiro atoms. The number of benzene rings is 2. The highest BCUT2D eigenvalue weighted by molar-refractivity contribution is 9.10. The molecular formula is C27H25BrN4O5. The van der Waals surface area contributed by atoms with E-state index in [1.165, 1.54) is 17.9 Å². The summed E-state index contributed by atoms with van der Waals surface area (Å²) in [5, 5.41) is 39.8. The fraction of sp³-hybridized carbons (Fsp3) is 0.259. The van der Waals surface area contributed by atoms with Gasteiger partial charge in [-0.05, 0) is 63.2 Å². The fourth-order valence-corrected chi connectivity index (χ4v) is 4.52. The Morgan fingerprint density at radius 2 is 1.92 bits per heavy atom. The first-order chi connectivity index (χ1) is 17.5. The van der Waals surface area contributed by atoms with E-state index in [4.69, 9.17) is 4.74 Å². The average molecular weight is 565 g/mol. The minimum absolute atomic E-state index is 0.189. The van der Waals surface area contributed by atoms with Crippen LogP contribution in [0.4, 0.5) is 4.79 Å². The number of carboxylic acid groups (broad SMARTS) is 1. The number of nitrogens with zero attached hydrogens (tertiary/aromatic N) is 4. The van der Waals surface area contributed by atoms with Gasteiger partial charge < -0.3 is 14.9 Å². The summed E-state index contributed by atoms with van der Waals surface area (Å²) in [6.07, 6.45) is 1.67. The van der Waals surface area contributed by atoms with Gasteiger partial charge in [0, 0.05) is 32.7 Å². The van der Waals surface area contributed by atoms with Gasteiger partial charge in [-0.2, -0.15) is 10.5 Å². The number of halogens is 1. The number of rotatable bonds is 6. The summed E-state index contributed by atoms with van der Waals surface area (Å²) in [6, 6.07) is 12.8. The van der Waals surface area contributed by atoms with Crippen LogP contribution in [0.15, 0.2) is 47.1 Å². The van der Waals surface area contributed by atoms with Crippen molar-refractivity contribution in [1.29, 1.82) is 10.5 Å². The Morgan fingerprint density at radius 1 is 1.22 bits per heavy atom. The predicted octanol–water partition coefficient (Wildman–Crippen LogP) is 5.13. The van der Waals surface area contributed by atoms with Gasteiger partial charge in [0.15, 0.2) is 0 Å². The summed E-state index contributed by atoms with van der Waals surface area (Å²) in [4.78, 5) is 26.6. The monoisotopic (exact) mass is 564 g/mol. The molecule has 0 saturated carbocycles. The number of hydrogen-bond donors (Lipinski definition) is 2. The standard InChI is InChI=1S/C27H25BrN4O5/c1-27(2,3)32(26(35)36)23(15-33)25(34)31-14-21(20-11-19(28)6-7-22(20)31)18(13-30)10-17-9-16(12-29)5-8-24(17)37-4/h5-11,14,23,33H,15H2,1-4H3,(H,35,36)/b18-10+. The Kier molecular flexibility index (Phi) is 8.07. The third-order valence-corrected chi connectivity index (χ3v) is 6.26. The zero-order valence-corrected chi connectivity index (χ0v) is 22.3. The van der Waals surface area contributed by atoms with Crippen molar-refractivity contribution in [3.05, 3.63) is 63.8 Å². The van der Waals surface area contributed by atoms with Crippen molar-refractivity contribution in [1.82, 2.24) is 9.47 Å². The molecule has 1 amide bonds. The van der Waals surface area contributed by atoms with Crippen LogP contribution in [0.3, 0.4) is 0 Å². The van der Waals surface area contributed by atoms with E-state index in [2.05, 4.69) is 28.1 Å². The zero-order chi connectivity index (χ0) is 27.5. The summed E-state index contributed by atoms with van der Waals surface area (Å²) in [5.74, 6) is -0.213.